The van der Waals surface area contributed by atoms with E-state index in [1.165, 1.54) is 16.3 Å². The first-order valence-corrected chi connectivity index (χ1v) is 11.2. The number of amidine groups is 1. The molecule has 1 fully saturated rings. The molecule has 0 spiro atoms. The number of thioether (sulfide) groups is 1. The van der Waals surface area contributed by atoms with Crippen LogP contribution < -0.4 is 4.74 Å². The van der Waals surface area contributed by atoms with Crippen LogP contribution in [-0.2, 0) is 6.42 Å². The monoisotopic (exact) mass is 404 g/mol. The highest BCUT2D eigenvalue weighted by molar-refractivity contribution is 8.14. The fraction of sp³-hybridized carbons (Fsp3) is 0.320. The number of rotatable bonds is 7. The van der Waals surface area contributed by atoms with Crippen LogP contribution in [0.1, 0.15) is 19.4 Å². The summed E-state index contributed by atoms with van der Waals surface area (Å²) in [5.41, 5.74) is 1.34. The first-order valence-electron chi connectivity index (χ1n) is 10.3. The van der Waals surface area contributed by atoms with Crippen molar-refractivity contribution in [2.45, 2.75) is 31.6 Å². The van der Waals surface area contributed by atoms with Crippen molar-refractivity contribution in [3.8, 4) is 5.75 Å². The molecule has 0 saturated carbocycles. The highest BCUT2D eigenvalue weighted by Gasteiger charge is 2.30. The molecule has 1 aliphatic heterocycles. The van der Waals surface area contributed by atoms with Gasteiger partial charge >= 0.3 is 0 Å². The van der Waals surface area contributed by atoms with Crippen LogP contribution >= 0.6 is 11.8 Å². The highest BCUT2D eigenvalue weighted by Crippen LogP contribution is 2.30. The summed E-state index contributed by atoms with van der Waals surface area (Å²) in [5, 5.41) is 3.95. The van der Waals surface area contributed by atoms with E-state index in [4.69, 9.17) is 9.73 Å². The van der Waals surface area contributed by atoms with E-state index in [1.54, 1.807) is 0 Å². The van der Waals surface area contributed by atoms with Gasteiger partial charge in [-0.1, -0.05) is 78.5 Å². The Labute approximate surface area is 177 Å². The van der Waals surface area contributed by atoms with Gasteiger partial charge in [0.25, 0.3) is 0 Å². The molecule has 3 aromatic rings. The summed E-state index contributed by atoms with van der Waals surface area (Å²) in [4.78, 5) is 7.34. The molecule has 0 aliphatic carbocycles. The lowest BCUT2D eigenvalue weighted by atomic mass is 10.1. The van der Waals surface area contributed by atoms with E-state index >= 15 is 0 Å². The molecule has 150 valence electrons. The molecule has 0 bridgehead atoms. The number of hydrogen-bond acceptors (Lipinski definition) is 3. The summed E-state index contributed by atoms with van der Waals surface area (Å²) in [6.07, 6.45) is 0.980. The number of benzene rings is 3. The van der Waals surface area contributed by atoms with Gasteiger partial charge in [0, 0.05) is 24.5 Å². The normalized spacial score (nSPS) is 18.1. The minimum atomic E-state index is 0.395. The van der Waals surface area contributed by atoms with Gasteiger partial charge in [0.2, 0.25) is 0 Å². The number of hydrogen-bond donors (Lipinski definition) is 0. The second-order valence-electron chi connectivity index (χ2n) is 7.67. The Balaban J connectivity index is 1.39. The Morgan fingerprint density at radius 1 is 1.00 bits per heavy atom. The molecular weight excluding hydrogens is 376 g/mol. The molecule has 1 heterocycles. The van der Waals surface area contributed by atoms with Crippen LogP contribution in [0, 0.1) is 0 Å². The SMILES string of the molecule is CC(C)N1C[C@H](COc2cccc3ccccc23)SC1=NCCc1ccccc1. The highest BCUT2D eigenvalue weighted by atomic mass is 32.2. The van der Waals surface area contributed by atoms with Gasteiger partial charge < -0.3 is 9.64 Å². The smallest absolute Gasteiger partial charge is 0.159 e. The fourth-order valence-electron chi connectivity index (χ4n) is 3.63. The van der Waals surface area contributed by atoms with Gasteiger partial charge in [0.1, 0.15) is 12.4 Å². The molecule has 4 heteroatoms. The van der Waals surface area contributed by atoms with Crippen LogP contribution in [0.5, 0.6) is 5.75 Å². The Bertz CT molecular complexity index is 965. The molecule has 0 unspecified atom stereocenters. The van der Waals surface area contributed by atoms with Crippen molar-refractivity contribution in [3.05, 3.63) is 78.4 Å². The van der Waals surface area contributed by atoms with Crippen LogP contribution in [0.3, 0.4) is 0 Å². The first kappa shape index (κ1) is 19.8. The lowest BCUT2D eigenvalue weighted by molar-refractivity contribution is 0.288. The quantitative estimate of drug-likeness (QED) is 0.509. The van der Waals surface area contributed by atoms with Gasteiger partial charge in [-0.25, -0.2) is 0 Å². The molecule has 1 aliphatic rings. The van der Waals surface area contributed by atoms with Gasteiger partial charge in [-0.3, -0.25) is 4.99 Å². The van der Waals surface area contributed by atoms with E-state index in [0.29, 0.717) is 17.9 Å². The summed E-state index contributed by atoms with van der Waals surface area (Å²) >= 11 is 1.86. The predicted molar refractivity (Wildman–Crippen MR) is 125 cm³/mol. The van der Waals surface area contributed by atoms with Crippen molar-refractivity contribution in [1.82, 2.24) is 4.90 Å². The van der Waals surface area contributed by atoms with Crippen LogP contribution in [-0.4, -0.2) is 41.1 Å². The van der Waals surface area contributed by atoms with Gasteiger partial charge in [-0.15, -0.1) is 0 Å². The molecule has 0 N–H and O–H groups in total. The molecule has 1 saturated heterocycles. The molecule has 0 aromatic heterocycles. The van der Waals surface area contributed by atoms with E-state index in [0.717, 1.165) is 30.4 Å². The second kappa shape index (κ2) is 9.36. The minimum absolute atomic E-state index is 0.395. The van der Waals surface area contributed by atoms with Crippen molar-refractivity contribution < 1.29 is 4.74 Å². The number of aliphatic imine (C=N–C) groups is 1. The molecule has 1 atom stereocenters. The fourth-order valence-corrected chi connectivity index (χ4v) is 4.88. The van der Waals surface area contributed by atoms with E-state index in [1.807, 2.05) is 11.8 Å². The Kier molecular flexibility index (Phi) is 6.40. The lowest BCUT2D eigenvalue weighted by Crippen LogP contribution is -2.33. The van der Waals surface area contributed by atoms with Crippen molar-refractivity contribution in [1.29, 1.82) is 0 Å². The number of nitrogens with zero attached hydrogens (tertiary/aromatic N) is 2. The van der Waals surface area contributed by atoms with Crippen LogP contribution in [0.4, 0.5) is 0 Å². The third-order valence-electron chi connectivity index (χ3n) is 5.21. The Hall–Kier alpha value is -2.46. The summed E-state index contributed by atoms with van der Waals surface area (Å²) in [7, 11) is 0. The number of fused-ring (bicyclic) bond motifs is 1. The number of ether oxygens (including phenoxy) is 1. The van der Waals surface area contributed by atoms with E-state index in [9.17, 15) is 0 Å². The average Bonchev–Trinajstić information content (AvgIpc) is 3.16. The molecule has 0 radical (unpaired) electrons. The zero-order chi connectivity index (χ0) is 20.1. The Morgan fingerprint density at radius 2 is 1.76 bits per heavy atom. The predicted octanol–water partition coefficient (Wildman–Crippen LogP) is 5.64. The first-order chi connectivity index (χ1) is 14.2. The largest absolute Gasteiger partial charge is 0.492 e. The summed E-state index contributed by atoms with van der Waals surface area (Å²) in [5.74, 6) is 0.967. The van der Waals surface area contributed by atoms with Gasteiger partial charge in [-0.05, 0) is 37.3 Å². The average molecular weight is 405 g/mol. The molecule has 4 rings (SSSR count). The van der Waals surface area contributed by atoms with Crippen molar-refractivity contribution in [2.75, 3.05) is 19.7 Å². The van der Waals surface area contributed by atoms with Crippen LogP contribution in [0.2, 0.25) is 0 Å². The van der Waals surface area contributed by atoms with Gasteiger partial charge in [-0.2, -0.15) is 0 Å². The molecular formula is C25H28N2OS. The summed E-state index contributed by atoms with van der Waals surface area (Å²) < 4.78 is 6.25. The van der Waals surface area contributed by atoms with Gasteiger partial charge in [0.15, 0.2) is 5.17 Å². The van der Waals surface area contributed by atoms with Crippen LogP contribution in [0.15, 0.2) is 77.8 Å². The standard InChI is InChI=1S/C25H28N2OS/c1-19(2)27-17-22(29-25(27)26-16-15-20-9-4-3-5-10-20)18-28-24-14-8-12-21-11-6-7-13-23(21)24/h3-14,19,22H,15-18H2,1-2H3/t22-/m1/s1. The molecule has 29 heavy (non-hydrogen) atoms. The molecule has 3 nitrogen and oxygen atoms in total. The maximum Gasteiger partial charge on any atom is 0.159 e. The molecule has 0 amide bonds. The van der Waals surface area contributed by atoms with Crippen LogP contribution in [0.25, 0.3) is 10.8 Å². The van der Waals surface area contributed by atoms with Crippen molar-refractivity contribution >= 4 is 27.7 Å². The lowest BCUT2D eigenvalue weighted by Gasteiger charge is -2.22. The summed E-state index contributed by atoms with van der Waals surface area (Å²) in [6, 6.07) is 25.7. The van der Waals surface area contributed by atoms with E-state index < -0.39 is 0 Å². The summed E-state index contributed by atoms with van der Waals surface area (Å²) in [6.45, 7) is 6.98. The topological polar surface area (TPSA) is 24.8 Å². The van der Waals surface area contributed by atoms with Crippen molar-refractivity contribution in [3.63, 3.8) is 0 Å². The Morgan fingerprint density at radius 3 is 2.59 bits per heavy atom. The third-order valence-corrected chi connectivity index (χ3v) is 6.40. The maximum atomic E-state index is 6.25. The van der Waals surface area contributed by atoms with Gasteiger partial charge in [0.05, 0.1) is 5.25 Å². The van der Waals surface area contributed by atoms with E-state index in [-0.39, 0.29) is 0 Å². The second-order valence-corrected chi connectivity index (χ2v) is 8.94. The third kappa shape index (κ3) is 4.94. The molecule has 3 aromatic carbocycles. The zero-order valence-corrected chi connectivity index (χ0v) is 17.9. The van der Waals surface area contributed by atoms with E-state index in [2.05, 4.69) is 91.5 Å². The maximum absolute atomic E-state index is 6.25. The van der Waals surface area contributed by atoms with Crippen molar-refractivity contribution in [2.24, 2.45) is 4.99 Å². The minimum Gasteiger partial charge on any atom is -0.492 e. The zero-order valence-electron chi connectivity index (χ0n) is 17.1.